The number of aliphatic hydroxyl groups excluding tert-OH is 1. The van der Waals surface area contributed by atoms with Crippen molar-refractivity contribution in [2.24, 2.45) is 5.92 Å². The Morgan fingerprint density at radius 2 is 1.33 bits per heavy atom. The summed E-state index contributed by atoms with van der Waals surface area (Å²) in [4.78, 5) is 24.3. The van der Waals surface area contributed by atoms with Crippen molar-refractivity contribution in [1.82, 2.24) is 0 Å². The highest BCUT2D eigenvalue weighted by Gasteiger charge is 2.18. The van der Waals surface area contributed by atoms with Crippen LogP contribution in [0.4, 0.5) is 0 Å². The summed E-state index contributed by atoms with van der Waals surface area (Å²) < 4.78 is 15.7. The van der Waals surface area contributed by atoms with Crippen molar-refractivity contribution >= 4 is 11.9 Å². The van der Waals surface area contributed by atoms with E-state index >= 15 is 0 Å². The van der Waals surface area contributed by atoms with E-state index in [0.29, 0.717) is 12.8 Å². The van der Waals surface area contributed by atoms with Gasteiger partial charge < -0.3 is 19.3 Å². The Kier molecular flexibility index (Phi) is 14.8. The molecule has 3 aromatic carbocycles. The molecule has 1 unspecified atom stereocenters. The minimum Gasteiger partial charge on any atom is -0.462 e. The number of methoxy groups -OCH3 is 1. The molecule has 1 N–H and O–H groups in total. The number of ether oxygens (including phenoxy) is 3. The molecule has 0 heterocycles. The summed E-state index contributed by atoms with van der Waals surface area (Å²) in [5.41, 5.74) is 8.86. The van der Waals surface area contributed by atoms with Gasteiger partial charge in [0.2, 0.25) is 0 Å². The lowest BCUT2D eigenvalue weighted by Gasteiger charge is -2.18. The summed E-state index contributed by atoms with van der Waals surface area (Å²) in [6.45, 7) is 11.3. The third-order valence-corrected chi connectivity index (χ3v) is 7.94. The van der Waals surface area contributed by atoms with Gasteiger partial charge in [-0.3, -0.25) is 0 Å². The number of carbonyl (C=O) groups is 2. The van der Waals surface area contributed by atoms with Gasteiger partial charge in [0.15, 0.2) is 0 Å². The highest BCUT2D eigenvalue weighted by molar-refractivity contribution is 5.88. The van der Waals surface area contributed by atoms with Gasteiger partial charge in [0.1, 0.15) is 0 Å². The van der Waals surface area contributed by atoms with E-state index in [2.05, 4.69) is 93.7 Å². The Morgan fingerprint density at radius 1 is 0.756 bits per heavy atom. The minimum absolute atomic E-state index is 0.0231. The minimum atomic E-state index is -0.667. The maximum absolute atomic E-state index is 12.2. The Hall–Kier alpha value is -4.00. The number of aliphatic hydroxyl groups is 1. The molecule has 3 aromatic rings. The van der Waals surface area contributed by atoms with Gasteiger partial charge in [-0.05, 0) is 71.0 Å². The molecule has 6 nitrogen and oxygen atoms in total. The molecule has 45 heavy (non-hydrogen) atoms. The van der Waals surface area contributed by atoms with Crippen LogP contribution in [0, 0.1) is 5.92 Å². The molecule has 240 valence electrons. The first-order chi connectivity index (χ1) is 21.8. The van der Waals surface area contributed by atoms with Crippen LogP contribution in [0.2, 0.25) is 0 Å². The molecule has 0 fully saturated rings. The number of esters is 2. The number of hydrogen-bond donors (Lipinski definition) is 1. The third kappa shape index (κ3) is 11.1. The molecule has 1 atom stereocenters. The van der Waals surface area contributed by atoms with Gasteiger partial charge in [-0.25, -0.2) is 9.59 Å². The van der Waals surface area contributed by atoms with E-state index in [1.807, 2.05) is 0 Å². The Labute approximate surface area is 268 Å². The summed E-state index contributed by atoms with van der Waals surface area (Å²) in [6, 6.07) is 24.2. The average Bonchev–Trinajstić information content (AvgIpc) is 3.07. The Balaban J connectivity index is 1.66. The molecule has 0 amide bonds. The van der Waals surface area contributed by atoms with Crippen molar-refractivity contribution in [2.75, 3.05) is 33.5 Å². The molecule has 6 heteroatoms. The average molecular weight is 613 g/mol. The van der Waals surface area contributed by atoms with E-state index in [-0.39, 0.29) is 36.9 Å². The standard InChI is InChI=1S/C39H48O6/c1-6-8-9-10-30-13-17-34(18-14-30)36-21-22-37(33(7-2)23-36)35-19-15-31(16-20-35)11-12-32(26-44-38(41)28(3)24-40)27-45-39(42)29(4)25-43-5/h13-23,32,40H,3-4,6-12,24-27H2,1-2,5H3. The summed E-state index contributed by atoms with van der Waals surface area (Å²) in [5, 5.41) is 9.16. The highest BCUT2D eigenvalue weighted by atomic mass is 16.5. The number of hydrogen-bond acceptors (Lipinski definition) is 6. The van der Waals surface area contributed by atoms with Crippen LogP contribution in [0.15, 0.2) is 91.0 Å². The largest absolute Gasteiger partial charge is 0.462 e. The van der Waals surface area contributed by atoms with Gasteiger partial charge in [-0.2, -0.15) is 0 Å². The highest BCUT2D eigenvalue weighted by Crippen LogP contribution is 2.30. The second-order valence-electron chi connectivity index (χ2n) is 11.5. The first kappa shape index (κ1) is 35.5. The summed E-state index contributed by atoms with van der Waals surface area (Å²) in [5.74, 6) is -1.46. The van der Waals surface area contributed by atoms with Crippen LogP contribution >= 0.6 is 0 Å². The van der Waals surface area contributed by atoms with E-state index in [4.69, 9.17) is 19.3 Å². The van der Waals surface area contributed by atoms with Crippen LogP contribution in [0.25, 0.3) is 22.3 Å². The Bertz CT molecular complexity index is 1400. The topological polar surface area (TPSA) is 82.1 Å². The fraction of sp³-hybridized carbons (Fsp3) is 0.385. The van der Waals surface area contributed by atoms with Crippen molar-refractivity contribution in [3.63, 3.8) is 0 Å². The fourth-order valence-electron chi connectivity index (χ4n) is 5.12. The maximum atomic E-state index is 12.2. The molecule has 0 saturated carbocycles. The van der Waals surface area contributed by atoms with Gasteiger partial charge in [0, 0.05) is 13.0 Å². The van der Waals surface area contributed by atoms with E-state index < -0.39 is 18.5 Å². The van der Waals surface area contributed by atoms with E-state index in [1.54, 1.807) is 0 Å². The molecular weight excluding hydrogens is 564 g/mol. The zero-order valence-electron chi connectivity index (χ0n) is 27.1. The summed E-state index contributed by atoms with van der Waals surface area (Å²) in [6.07, 6.45) is 7.14. The predicted octanol–water partition coefficient (Wildman–Crippen LogP) is 7.70. The van der Waals surface area contributed by atoms with Gasteiger partial charge >= 0.3 is 11.9 Å². The third-order valence-electron chi connectivity index (χ3n) is 7.94. The lowest BCUT2D eigenvalue weighted by atomic mass is 9.92. The fourth-order valence-corrected chi connectivity index (χ4v) is 5.12. The van der Waals surface area contributed by atoms with Crippen molar-refractivity contribution < 1.29 is 28.9 Å². The number of unbranched alkanes of at least 4 members (excludes halogenated alkanes) is 2. The molecule has 0 saturated heterocycles. The molecule has 0 aliphatic heterocycles. The molecule has 3 rings (SSSR count). The smallest absolute Gasteiger partial charge is 0.335 e. The maximum Gasteiger partial charge on any atom is 0.335 e. The van der Waals surface area contributed by atoms with Crippen LogP contribution in [-0.2, 0) is 43.1 Å². The van der Waals surface area contributed by atoms with Crippen molar-refractivity contribution in [2.45, 2.75) is 58.8 Å². The van der Waals surface area contributed by atoms with Crippen molar-refractivity contribution in [3.05, 3.63) is 108 Å². The molecule has 0 bridgehead atoms. The Morgan fingerprint density at radius 3 is 1.91 bits per heavy atom. The van der Waals surface area contributed by atoms with Crippen LogP contribution in [0.3, 0.4) is 0 Å². The number of aryl methyl sites for hydroxylation is 3. The number of benzene rings is 3. The monoisotopic (exact) mass is 612 g/mol. The summed E-state index contributed by atoms with van der Waals surface area (Å²) in [7, 11) is 1.48. The lowest BCUT2D eigenvalue weighted by molar-refractivity contribution is -0.144. The van der Waals surface area contributed by atoms with Crippen LogP contribution in [0.1, 0.15) is 56.2 Å². The zero-order valence-corrected chi connectivity index (χ0v) is 27.1. The van der Waals surface area contributed by atoms with Crippen molar-refractivity contribution in [3.8, 4) is 22.3 Å². The van der Waals surface area contributed by atoms with E-state index in [1.165, 1.54) is 54.2 Å². The molecule has 0 aliphatic carbocycles. The number of rotatable bonds is 19. The first-order valence-corrected chi connectivity index (χ1v) is 15.9. The number of carbonyl (C=O) groups excluding carboxylic acids is 2. The first-order valence-electron chi connectivity index (χ1n) is 15.9. The molecule has 0 radical (unpaired) electrons. The van der Waals surface area contributed by atoms with Crippen molar-refractivity contribution in [1.29, 1.82) is 0 Å². The lowest BCUT2D eigenvalue weighted by Crippen LogP contribution is -2.23. The van der Waals surface area contributed by atoms with E-state index in [9.17, 15) is 9.59 Å². The SMILES string of the molecule is C=C(CO)C(=O)OCC(CCc1ccc(-c2ccc(-c3ccc(CCCCC)cc3)cc2CC)cc1)COC(=O)C(=C)COC. The van der Waals surface area contributed by atoms with Crippen LogP contribution < -0.4 is 0 Å². The van der Waals surface area contributed by atoms with Gasteiger partial charge in [-0.1, -0.05) is 107 Å². The van der Waals surface area contributed by atoms with E-state index in [0.717, 1.165) is 24.0 Å². The molecular formula is C39H48O6. The second-order valence-corrected chi connectivity index (χ2v) is 11.5. The van der Waals surface area contributed by atoms with Gasteiger partial charge in [-0.15, -0.1) is 0 Å². The molecule has 0 spiro atoms. The van der Waals surface area contributed by atoms with Gasteiger partial charge in [0.05, 0.1) is 37.6 Å². The molecule has 0 aliphatic rings. The zero-order chi connectivity index (χ0) is 32.6. The van der Waals surface area contributed by atoms with Crippen LogP contribution in [0.5, 0.6) is 0 Å². The predicted molar refractivity (Wildman–Crippen MR) is 181 cm³/mol. The van der Waals surface area contributed by atoms with Gasteiger partial charge in [0.25, 0.3) is 0 Å². The normalized spacial score (nSPS) is 11.6. The van der Waals surface area contributed by atoms with Crippen LogP contribution in [-0.4, -0.2) is 50.6 Å². The quantitative estimate of drug-likeness (QED) is 0.0849. The summed E-state index contributed by atoms with van der Waals surface area (Å²) >= 11 is 0. The molecule has 0 aromatic heterocycles. The second kappa shape index (κ2) is 18.7.